The van der Waals surface area contributed by atoms with Gasteiger partial charge in [-0.3, -0.25) is 0 Å². The van der Waals surface area contributed by atoms with Crippen molar-refractivity contribution in [1.82, 2.24) is 5.32 Å². The van der Waals surface area contributed by atoms with Crippen molar-refractivity contribution in [3.63, 3.8) is 0 Å². The molecule has 0 fully saturated rings. The fourth-order valence-corrected chi connectivity index (χ4v) is 2.58. The highest BCUT2D eigenvalue weighted by Gasteiger charge is 2.13. The number of hydrogen-bond acceptors (Lipinski definition) is 1. The molecule has 1 aromatic carbocycles. The Labute approximate surface area is 111 Å². The van der Waals surface area contributed by atoms with Crippen molar-refractivity contribution in [2.24, 2.45) is 0 Å². The van der Waals surface area contributed by atoms with E-state index in [0.29, 0.717) is 12.1 Å². The maximum absolute atomic E-state index is 6.22. The SMILES string of the molecule is CCCC(CCC)NC(C)c1ccccc1Cl. The molecule has 1 aromatic rings. The van der Waals surface area contributed by atoms with Gasteiger partial charge in [0, 0.05) is 17.1 Å². The first-order chi connectivity index (χ1) is 8.19. The van der Waals surface area contributed by atoms with Crippen molar-refractivity contribution in [3.8, 4) is 0 Å². The minimum absolute atomic E-state index is 0.326. The van der Waals surface area contributed by atoms with Gasteiger partial charge >= 0.3 is 0 Å². The maximum Gasteiger partial charge on any atom is 0.0453 e. The lowest BCUT2D eigenvalue weighted by Crippen LogP contribution is -2.31. The summed E-state index contributed by atoms with van der Waals surface area (Å²) in [6.07, 6.45) is 4.94. The Morgan fingerprint density at radius 2 is 1.71 bits per heavy atom. The molecular formula is C15H24ClN. The van der Waals surface area contributed by atoms with Gasteiger partial charge in [0.2, 0.25) is 0 Å². The van der Waals surface area contributed by atoms with Crippen molar-refractivity contribution < 1.29 is 0 Å². The number of benzene rings is 1. The smallest absolute Gasteiger partial charge is 0.0453 e. The molecule has 0 saturated carbocycles. The molecule has 1 unspecified atom stereocenters. The zero-order valence-corrected chi connectivity index (χ0v) is 11.9. The molecule has 0 amide bonds. The molecule has 1 nitrogen and oxygen atoms in total. The number of rotatable bonds is 7. The van der Waals surface area contributed by atoms with Crippen LogP contribution in [-0.4, -0.2) is 6.04 Å². The van der Waals surface area contributed by atoms with Crippen molar-refractivity contribution in [3.05, 3.63) is 34.9 Å². The van der Waals surface area contributed by atoms with Gasteiger partial charge in [-0.15, -0.1) is 0 Å². The number of nitrogens with one attached hydrogen (secondary N) is 1. The fraction of sp³-hybridized carbons (Fsp3) is 0.600. The highest BCUT2D eigenvalue weighted by Crippen LogP contribution is 2.23. The standard InChI is InChI=1S/C15H24ClN/c1-4-8-13(9-5-2)17-12(3)14-10-6-7-11-15(14)16/h6-7,10-13,17H,4-5,8-9H2,1-3H3. The van der Waals surface area contributed by atoms with E-state index in [4.69, 9.17) is 11.6 Å². The Hall–Kier alpha value is -0.530. The third-order valence-corrected chi connectivity index (χ3v) is 3.48. The number of hydrogen-bond donors (Lipinski definition) is 1. The van der Waals surface area contributed by atoms with Gasteiger partial charge in [0.15, 0.2) is 0 Å². The van der Waals surface area contributed by atoms with Gasteiger partial charge in [-0.2, -0.15) is 0 Å². The van der Waals surface area contributed by atoms with E-state index in [2.05, 4.69) is 32.2 Å². The van der Waals surface area contributed by atoms with Gasteiger partial charge in [0.25, 0.3) is 0 Å². The summed E-state index contributed by atoms with van der Waals surface area (Å²) in [7, 11) is 0. The van der Waals surface area contributed by atoms with Crippen molar-refractivity contribution >= 4 is 11.6 Å². The molecule has 0 bridgehead atoms. The van der Waals surface area contributed by atoms with E-state index in [0.717, 1.165) is 5.02 Å². The molecule has 0 heterocycles. The van der Waals surface area contributed by atoms with E-state index < -0.39 is 0 Å². The van der Waals surface area contributed by atoms with Gasteiger partial charge in [0.1, 0.15) is 0 Å². The van der Waals surface area contributed by atoms with E-state index >= 15 is 0 Å². The predicted octanol–water partition coefficient (Wildman–Crippen LogP) is 4.96. The summed E-state index contributed by atoms with van der Waals surface area (Å²) in [5.74, 6) is 0. The molecule has 0 aliphatic carbocycles. The lowest BCUT2D eigenvalue weighted by molar-refractivity contribution is 0.402. The molecule has 0 aromatic heterocycles. The topological polar surface area (TPSA) is 12.0 Å². The molecule has 0 aliphatic rings. The summed E-state index contributed by atoms with van der Waals surface area (Å²) in [5, 5.41) is 4.55. The van der Waals surface area contributed by atoms with Crippen LogP contribution in [0.2, 0.25) is 5.02 Å². The summed E-state index contributed by atoms with van der Waals surface area (Å²) in [6.45, 7) is 6.68. The highest BCUT2D eigenvalue weighted by molar-refractivity contribution is 6.31. The summed E-state index contributed by atoms with van der Waals surface area (Å²) < 4.78 is 0. The van der Waals surface area contributed by atoms with E-state index in [9.17, 15) is 0 Å². The van der Waals surface area contributed by atoms with Crippen LogP contribution in [0.3, 0.4) is 0 Å². The van der Waals surface area contributed by atoms with Crippen LogP contribution in [0, 0.1) is 0 Å². The van der Waals surface area contributed by atoms with Crippen LogP contribution >= 0.6 is 11.6 Å². The van der Waals surface area contributed by atoms with Crippen molar-refractivity contribution in [1.29, 1.82) is 0 Å². The van der Waals surface area contributed by atoms with E-state index in [1.807, 2.05) is 18.2 Å². The highest BCUT2D eigenvalue weighted by atomic mass is 35.5. The first-order valence-corrected chi connectivity index (χ1v) is 7.07. The second-order valence-corrected chi connectivity index (χ2v) is 5.09. The van der Waals surface area contributed by atoms with E-state index in [1.54, 1.807) is 0 Å². The van der Waals surface area contributed by atoms with Crippen LogP contribution in [0.1, 0.15) is 58.1 Å². The van der Waals surface area contributed by atoms with E-state index in [1.165, 1.54) is 31.2 Å². The molecule has 1 rings (SSSR count). The lowest BCUT2D eigenvalue weighted by atomic mass is 10.0. The molecule has 1 N–H and O–H groups in total. The van der Waals surface area contributed by atoms with E-state index in [-0.39, 0.29) is 0 Å². The molecule has 96 valence electrons. The van der Waals surface area contributed by atoms with Gasteiger partial charge in [0.05, 0.1) is 0 Å². The molecule has 2 heteroatoms. The minimum atomic E-state index is 0.326. The zero-order valence-electron chi connectivity index (χ0n) is 11.2. The first-order valence-electron chi connectivity index (χ1n) is 6.69. The zero-order chi connectivity index (χ0) is 12.7. The van der Waals surface area contributed by atoms with Crippen LogP contribution in [-0.2, 0) is 0 Å². The van der Waals surface area contributed by atoms with Crippen LogP contribution < -0.4 is 5.32 Å². The Morgan fingerprint density at radius 1 is 1.12 bits per heavy atom. The minimum Gasteiger partial charge on any atom is -0.307 e. The maximum atomic E-state index is 6.22. The molecule has 17 heavy (non-hydrogen) atoms. The molecular weight excluding hydrogens is 230 g/mol. The van der Waals surface area contributed by atoms with Crippen LogP contribution in [0.5, 0.6) is 0 Å². The molecule has 0 radical (unpaired) electrons. The molecule has 0 spiro atoms. The molecule has 0 aliphatic heterocycles. The van der Waals surface area contributed by atoms with Gasteiger partial charge in [-0.1, -0.05) is 56.5 Å². The largest absolute Gasteiger partial charge is 0.307 e. The summed E-state index contributed by atoms with van der Waals surface area (Å²) in [4.78, 5) is 0. The van der Waals surface area contributed by atoms with Gasteiger partial charge < -0.3 is 5.32 Å². The third-order valence-electron chi connectivity index (χ3n) is 3.13. The van der Waals surface area contributed by atoms with Gasteiger partial charge in [-0.25, -0.2) is 0 Å². The fourth-order valence-electron chi connectivity index (χ4n) is 2.28. The molecule has 1 atom stereocenters. The summed E-state index contributed by atoms with van der Waals surface area (Å²) >= 11 is 6.22. The Bertz CT molecular complexity index is 318. The Kier molecular flexibility index (Phi) is 6.61. The van der Waals surface area contributed by atoms with Crippen molar-refractivity contribution in [2.75, 3.05) is 0 Å². The molecule has 0 saturated heterocycles. The quantitative estimate of drug-likeness (QED) is 0.724. The predicted molar refractivity (Wildman–Crippen MR) is 76.6 cm³/mol. The van der Waals surface area contributed by atoms with Crippen LogP contribution in [0.25, 0.3) is 0 Å². The lowest BCUT2D eigenvalue weighted by Gasteiger charge is -2.23. The monoisotopic (exact) mass is 253 g/mol. The normalized spacial score (nSPS) is 13.0. The third kappa shape index (κ3) is 4.69. The number of halogens is 1. The summed E-state index contributed by atoms with van der Waals surface area (Å²) in [6, 6.07) is 9.03. The second kappa shape index (κ2) is 7.73. The van der Waals surface area contributed by atoms with Crippen molar-refractivity contribution in [2.45, 2.75) is 58.5 Å². The first kappa shape index (κ1) is 14.5. The summed E-state index contributed by atoms with van der Waals surface area (Å²) in [5.41, 5.74) is 1.20. The average Bonchev–Trinajstić information content (AvgIpc) is 2.30. The Balaban J connectivity index is 2.63. The van der Waals surface area contributed by atoms with Gasteiger partial charge in [-0.05, 0) is 31.4 Å². The van der Waals surface area contributed by atoms with Crippen LogP contribution in [0.15, 0.2) is 24.3 Å². The second-order valence-electron chi connectivity index (χ2n) is 4.68. The Morgan fingerprint density at radius 3 is 2.24 bits per heavy atom. The van der Waals surface area contributed by atoms with Crippen LogP contribution in [0.4, 0.5) is 0 Å². The average molecular weight is 254 g/mol.